The van der Waals surface area contributed by atoms with Crippen LogP contribution in [0, 0.1) is 6.92 Å². The first-order chi connectivity index (χ1) is 7.65. The highest BCUT2D eigenvalue weighted by molar-refractivity contribution is 5.53. The highest BCUT2D eigenvalue weighted by atomic mass is 15.3. The SMILES string of the molecule is Cc1cnc(NCc2ccn(C)n2)cc1N. The minimum Gasteiger partial charge on any atom is -0.398 e. The molecule has 16 heavy (non-hydrogen) atoms. The molecule has 0 saturated carbocycles. The fourth-order valence-electron chi connectivity index (χ4n) is 1.37. The van der Waals surface area contributed by atoms with E-state index < -0.39 is 0 Å². The van der Waals surface area contributed by atoms with Crippen molar-refractivity contribution in [3.8, 4) is 0 Å². The first-order valence-electron chi connectivity index (χ1n) is 5.09. The number of hydrogen-bond donors (Lipinski definition) is 2. The van der Waals surface area contributed by atoms with Crippen LogP contribution in [-0.4, -0.2) is 14.8 Å². The fourth-order valence-corrected chi connectivity index (χ4v) is 1.37. The minimum absolute atomic E-state index is 0.649. The highest BCUT2D eigenvalue weighted by Gasteiger charge is 2.00. The second-order valence-corrected chi connectivity index (χ2v) is 3.76. The zero-order valence-electron chi connectivity index (χ0n) is 9.44. The third-order valence-electron chi connectivity index (χ3n) is 2.36. The van der Waals surface area contributed by atoms with Crippen LogP contribution in [0.1, 0.15) is 11.3 Å². The smallest absolute Gasteiger partial charge is 0.128 e. The van der Waals surface area contributed by atoms with Crippen molar-refractivity contribution in [2.75, 3.05) is 11.1 Å². The Morgan fingerprint density at radius 3 is 2.94 bits per heavy atom. The van der Waals surface area contributed by atoms with E-state index in [1.165, 1.54) is 0 Å². The fraction of sp³-hybridized carbons (Fsp3) is 0.273. The molecule has 0 aliphatic heterocycles. The lowest BCUT2D eigenvalue weighted by molar-refractivity contribution is 0.747. The van der Waals surface area contributed by atoms with Gasteiger partial charge in [-0.1, -0.05) is 0 Å². The maximum Gasteiger partial charge on any atom is 0.128 e. The maximum absolute atomic E-state index is 5.79. The standard InChI is InChI=1S/C11H15N5/c1-8-6-13-11(5-10(8)12)14-7-9-3-4-16(2)15-9/h3-6H,7H2,1-2H3,(H3,12,13,14). The molecule has 5 nitrogen and oxygen atoms in total. The molecule has 2 aromatic heterocycles. The average Bonchev–Trinajstić information content (AvgIpc) is 2.66. The van der Waals surface area contributed by atoms with Crippen LogP contribution in [0.15, 0.2) is 24.5 Å². The van der Waals surface area contributed by atoms with Gasteiger partial charge >= 0.3 is 0 Å². The number of nitrogen functional groups attached to an aromatic ring is 1. The number of nitrogens with one attached hydrogen (secondary N) is 1. The summed E-state index contributed by atoms with van der Waals surface area (Å²) in [6.45, 7) is 2.58. The van der Waals surface area contributed by atoms with E-state index in [4.69, 9.17) is 5.73 Å². The molecule has 0 radical (unpaired) electrons. The Morgan fingerprint density at radius 1 is 1.50 bits per heavy atom. The minimum atomic E-state index is 0.649. The van der Waals surface area contributed by atoms with Crippen molar-refractivity contribution in [2.45, 2.75) is 13.5 Å². The summed E-state index contributed by atoms with van der Waals surface area (Å²) in [5.41, 5.74) is 8.51. The molecule has 0 aliphatic rings. The van der Waals surface area contributed by atoms with Crippen molar-refractivity contribution in [3.63, 3.8) is 0 Å². The Bertz CT molecular complexity index is 489. The van der Waals surface area contributed by atoms with Crippen molar-refractivity contribution in [3.05, 3.63) is 35.8 Å². The average molecular weight is 217 g/mol. The van der Waals surface area contributed by atoms with Crippen molar-refractivity contribution >= 4 is 11.5 Å². The molecule has 0 aromatic carbocycles. The van der Waals surface area contributed by atoms with E-state index >= 15 is 0 Å². The van der Waals surface area contributed by atoms with Crippen LogP contribution in [0.5, 0.6) is 0 Å². The quantitative estimate of drug-likeness (QED) is 0.813. The molecular weight excluding hydrogens is 202 g/mol. The molecule has 0 atom stereocenters. The summed E-state index contributed by atoms with van der Waals surface area (Å²) < 4.78 is 1.77. The largest absolute Gasteiger partial charge is 0.398 e. The Balaban J connectivity index is 2.02. The topological polar surface area (TPSA) is 68.8 Å². The van der Waals surface area contributed by atoms with Crippen LogP contribution < -0.4 is 11.1 Å². The zero-order chi connectivity index (χ0) is 11.5. The van der Waals surface area contributed by atoms with Gasteiger partial charge in [0.1, 0.15) is 5.82 Å². The molecule has 0 bridgehead atoms. The van der Waals surface area contributed by atoms with E-state index in [0.29, 0.717) is 6.54 Å². The van der Waals surface area contributed by atoms with Crippen molar-refractivity contribution in [1.29, 1.82) is 0 Å². The third-order valence-corrected chi connectivity index (χ3v) is 2.36. The van der Waals surface area contributed by atoms with Gasteiger partial charge in [0.2, 0.25) is 0 Å². The van der Waals surface area contributed by atoms with Crippen LogP contribution in [0.4, 0.5) is 11.5 Å². The molecule has 0 amide bonds. The van der Waals surface area contributed by atoms with E-state index in [1.807, 2.05) is 32.3 Å². The van der Waals surface area contributed by atoms with Crippen LogP contribution in [0.3, 0.4) is 0 Å². The van der Waals surface area contributed by atoms with Gasteiger partial charge in [-0.25, -0.2) is 4.98 Å². The summed E-state index contributed by atoms with van der Waals surface area (Å²) in [6.07, 6.45) is 3.67. The number of aromatic nitrogens is 3. The van der Waals surface area contributed by atoms with Gasteiger partial charge in [-0.2, -0.15) is 5.10 Å². The Kier molecular flexibility index (Phi) is 2.76. The molecule has 2 rings (SSSR count). The lowest BCUT2D eigenvalue weighted by atomic mass is 10.2. The maximum atomic E-state index is 5.79. The highest BCUT2D eigenvalue weighted by Crippen LogP contribution is 2.13. The molecule has 84 valence electrons. The first kappa shape index (κ1) is 10.5. The van der Waals surface area contributed by atoms with E-state index in [2.05, 4.69) is 15.4 Å². The molecule has 0 saturated heterocycles. The summed E-state index contributed by atoms with van der Waals surface area (Å²) >= 11 is 0. The second kappa shape index (κ2) is 4.22. The molecule has 2 heterocycles. The predicted molar refractivity (Wildman–Crippen MR) is 63.9 cm³/mol. The third kappa shape index (κ3) is 2.31. The molecule has 0 unspecified atom stereocenters. The summed E-state index contributed by atoms with van der Waals surface area (Å²) in [5, 5.41) is 7.44. The predicted octanol–water partition coefficient (Wildman–Crippen LogP) is 1.32. The first-order valence-corrected chi connectivity index (χ1v) is 5.09. The van der Waals surface area contributed by atoms with Gasteiger partial charge in [-0.15, -0.1) is 0 Å². The molecule has 2 aromatic rings. The molecular formula is C11H15N5. The van der Waals surface area contributed by atoms with Gasteiger partial charge in [0.05, 0.1) is 12.2 Å². The monoisotopic (exact) mass is 217 g/mol. The van der Waals surface area contributed by atoms with Crippen molar-refractivity contribution in [1.82, 2.24) is 14.8 Å². The molecule has 3 N–H and O–H groups in total. The number of aryl methyl sites for hydroxylation is 2. The van der Waals surface area contributed by atoms with Crippen LogP contribution >= 0.6 is 0 Å². The van der Waals surface area contributed by atoms with Crippen LogP contribution in [-0.2, 0) is 13.6 Å². The molecule has 0 aliphatic carbocycles. The van der Waals surface area contributed by atoms with Gasteiger partial charge in [0.25, 0.3) is 0 Å². The normalized spacial score (nSPS) is 10.4. The molecule has 0 spiro atoms. The number of rotatable bonds is 3. The lowest BCUT2D eigenvalue weighted by Crippen LogP contribution is -2.04. The van der Waals surface area contributed by atoms with Gasteiger partial charge in [0, 0.05) is 31.2 Å². The van der Waals surface area contributed by atoms with Gasteiger partial charge in [0.15, 0.2) is 0 Å². The zero-order valence-corrected chi connectivity index (χ0v) is 9.44. The molecule has 0 fully saturated rings. The Labute approximate surface area is 94.3 Å². The number of hydrogen-bond acceptors (Lipinski definition) is 4. The van der Waals surface area contributed by atoms with E-state index in [1.54, 1.807) is 10.9 Å². The van der Waals surface area contributed by atoms with E-state index in [9.17, 15) is 0 Å². The van der Waals surface area contributed by atoms with Gasteiger partial charge in [-0.05, 0) is 18.6 Å². The number of pyridine rings is 1. The van der Waals surface area contributed by atoms with E-state index in [0.717, 1.165) is 22.8 Å². The van der Waals surface area contributed by atoms with Crippen molar-refractivity contribution in [2.24, 2.45) is 7.05 Å². The Morgan fingerprint density at radius 2 is 2.31 bits per heavy atom. The second-order valence-electron chi connectivity index (χ2n) is 3.76. The Hall–Kier alpha value is -2.04. The summed E-state index contributed by atoms with van der Waals surface area (Å²) in [6, 6.07) is 3.79. The number of nitrogens with two attached hydrogens (primary N) is 1. The summed E-state index contributed by atoms with van der Waals surface area (Å²) in [5.74, 6) is 0.772. The van der Waals surface area contributed by atoms with Gasteiger partial charge < -0.3 is 11.1 Å². The number of nitrogens with zero attached hydrogens (tertiary/aromatic N) is 3. The summed E-state index contributed by atoms with van der Waals surface area (Å²) in [4.78, 5) is 4.24. The van der Waals surface area contributed by atoms with Crippen LogP contribution in [0.2, 0.25) is 0 Å². The van der Waals surface area contributed by atoms with E-state index in [-0.39, 0.29) is 0 Å². The van der Waals surface area contributed by atoms with Gasteiger partial charge in [-0.3, -0.25) is 4.68 Å². The molecule has 5 heteroatoms. The number of anilines is 2. The lowest BCUT2D eigenvalue weighted by Gasteiger charge is -2.05. The van der Waals surface area contributed by atoms with Crippen LogP contribution in [0.25, 0.3) is 0 Å². The van der Waals surface area contributed by atoms with Crippen molar-refractivity contribution < 1.29 is 0 Å². The summed E-state index contributed by atoms with van der Waals surface area (Å²) in [7, 11) is 1.89.